The van der Waals surface area contributed by atoms with Crippen LogP contribution in [0.5, 0.6) is 0 Å². The van der Waals surface area contributed by atoms with E-state index in [1.54, 1.807) is 0 Å². The summed E-state index contributed by atoms with van der Waals surface area (Å²) in [6, 6.07) is 8.89. The Bertz CT molecular complexity index is 551. The topological polar surface area (TPSA) is 51.0 Å². The summed E-state index contributed by atoms with van der Waals surface area (Å²) in [5.74, 6) is 1.47. The first-order valence-corrected chi connectivity index (χ1v) is 7.38. The van der Waals surface area contributed by atoms with Crippen molar-refractivity contribution >= 4 is 15.9 Å². The second-order valence-electron chi connectivity index (χ2n) is 4.89. The second kappa shape index (κ2) is 5.84. The maximum absolute atomic E-state index is 5.26. The van der Waals surface area contributed by atoms with E-state index in [4.69, 9.17) is 4.52 Å². The molecule has 0 saturated heterocycles. The minimum absolute atomic E-state index is 0.707. The Morgan fingerprint density at radius 3 is 3.05 bits per heavy atom. The second-order valence-corrected chi connectivity index (χ2v) is 5.81. The molecule has 5 heteroatoms. The van der Waals surface area contributed by atoms with Crippen LogP contribution < -0.4 is 5.32 Å². The Hall–Kier alpha value is -1.20. The van der Waals surface area contributed by atoms with Crippen molar-refractivity contribution in [2.75, 3.05) is 6.54 Å². The van der Waals surface area contributed by atoms with Crippen LogP contribution in [0.25, 0.3) is 0 Å². The van der Waals surface area contributed by atoms with Gasteiger partial charge < -0.3 is 9.84 Å². The van der Waals surface area contributed by atoms with E-state index in [1.807, 2.05) is 12.1 Å². The summed E-state index contributed by atoms with van der Waals surface area (Å²) < 4.78 is 6.33. The van der Waals surface area contributed by atoms with Crippen LogP contribution in [-0.2, 0) is 12.8 Å². The monoisotopic (exact) mass is 321 g/mol. The van der Waals surface area contributed by atoms with Gasteiger partial charge in [0.2, 0.25) is 5.89 Å². The lowest BCUT2D eigenvalue weighted by Crippen LogP contribution is -2.19. The number of nitrogens with one attached hydrogen (secondary N) is 1. The molecule has 1 aliphatic rings. The summed E-state index contributed by atoms with van der Waals surface area (Å²) in [5, 5.41) is 7.46. The van der Waals surface area contributed by atoms with Gasteiger partial charge in [0.05, 0.1) is 0 Å². The quantitative estimate of drug-likeness (QED) is 0.888. The smallest absolute Gasteiger partial charge is 0.227 e. The zero-order valence-electron chi connectivity index (χ0n) is 10.6. The lowest BCUT2D eigenvalue weighted by atomic mass is 10.1. The molecule has 0 radical (unpaired) electrons. The standard InChI is InChI=1S/C14H16BrN3O/c15-11-3-1-2-10(8-11)9-13-17-14(19-18-13)6-7-16-12-4-5-12/h1-3,8,12,16H,4-7,9H2. The number of hydrogen-bond acceptors (Lipinski definition) is 4. The van der Waals surface area contributed by atoms with Gasteiger partial charge in [0.1, 0.15) is 0 Å². The fourth-order valence-electron chi connectivity index (χ4n) is 1.96. The molecule has 2 aromatic rings. The average Bonchev–Trinajstić information content (AvgIpc) is 3.10. The summed E-state index contributed by atoms with van der Waals surface area (Å²) in [5.41, 5.74) is 1.18. The molecule has 0 bridgehead atoms. The molecule has 4 nitrogen and oxygen atoms in total. The van der Waals surface area contributed by atoms with Gasteiger partial charge in [0.15, 0.2) is 5.82 Å². The number of aromatic nitrogens is 2. The van der Waals surface area contributed by atoms with Gasteiger partial charge in [0.25, 0.3) is 0 Å². The Morgan fingerprint density at radius 2 is 2.26 bits per heavy atom. The van der Waals surface area contributed by atoms with E-state index in [2.05, 4.69) is 43.5 Å². The summed E-state index contributed by atoms with van der Waals surface area (Å²) >= 11 is 3.46. The van der Waals surface area contributed by atoms with Crippen molar-refractivity contribution in [1.82, 2.24) is 15.5 Å². The lowest BCUT2D eigenvalue weighted by Gasteiger charge is -1.98. The molecule has 1 heterocycles. The van der Waals surface area contributed by atoms with Crippen LogP contribution in [0.1, 0.15) is 30.1 Å². The molecular formula is C14H16BrN3O. The molecule has 0 atom stereocenters. The first-order chi connectivity index (χ1) is 9.29. The van der Waals surface area contributed by atoms with E-state index < -0.39 is 0 Å². The average molecular weight is 322 g/mol. The van der Waals surface area contributed by atoms with E-state index in [9.17, 15) is 0 Å². The van der Waals surface area contributed by atoms with Crippen molar-refractivity contribution in [3.8, 4) is 0 Å². The largest absolute Gasteiger partial charge is 0.339 e. The zero-order chi connectivity index (χ0) is 13.1. The number of hydrogen-bond donors (Lipinski definition) is 1. The van der Waals surface area contributed by atoms with Crippen LogP contribution in [0.15, 0.2) is 33.3 Å². The molecular weight excluding hydrogens is 306 g/mol. The Morgan fingerprint density at radius 1 is 1.37 bits per heavy atom. The Kier molecular flexibility index (Phi) is 3.94. The fraction of sp³-hybridized carbons (Fsp3) is 0.429. The third-order valence-corrected chi connectivity index (χ3v) is 3.60. The van der Waals surface area contributed by atoms with Crippen molar-refractivity contribution in [2.45, 2.75) is 31.7 Å². The van der Waals surface area contributed by atoms with Crippen molar-refractivity contribution in [3.63, 3.8) is 0 Å². The van der Waals surface area contributed by atoms with Crippen LogP contribution in [0.3, 0.4) is 0 Å². The molecule has 1 N–H and O–H groups in total. The highest BCUT2D eigenvalue weighted by atomic mass is 79.9. The van der Waals surface area contributed by atoms with Gasteiger partial charge in [-0.1, -0.05) is 33.2 Å². The van der Waals surface area contributed by atoms with E-state index in [0.29, 0.717) is 6.42 Å². The molecule has 1 aromatic heterocycles. The van der Waals surface area contributed by atoms with E-state index in [1.165, 1.54) is 18.4 Å². The predicted octanol–water partition coefficient (Wildman–Crippen LogP) is 2.72. The van der Waals surface area contributed by atoms with Crippen LogP contribution in [-0.4, -0.2) is 22.7 Å². The van der Waals surface area contributed by atoms with Gasteiger partial charge in [-0.2, -0.15) is 4.98 Å². The van der Waals surface area contributed by atoms with Gasteiger partial charge in [-0.3, -0.25) is 0 Å². The minimum atomic E-state index is 0.707. The third kappa shape index (κ3) is 3.88. The molecule has 1 saturated carbocycles. The van der Waals surface area contributed by atoms with Gasteiger partial charge in [0, 0.05) is 29.9 Å². The first kappa shape index (κ1) is 12.8. The highest BCUT2D eigenvalue weighted by Crippen LogP contribution is 2.18. The molecule has 1 fully saturated rings. The Balaban J connectivity index is 1.54. The number of rotatable bonds is 6. The molecule has 0 aliphatic heterocycles. The molecule has 100 valence electrons. The molecule has 0 spiro atoms. The number of benzene rings is 1. The van der Waals surface area contributed by atoms with Gasteiger partial charge in [-0.25, -0.2) is 0 Å². The third-order valence-electron chi connectivity index (χ3n) is 3.11. The van der Waals surface area contributed by atoms with Crippen molar-refractivity contribution in [1.29, 1.82) is 0 Å². The Labute approximate surface area is 120 Å². The molecule has 1 aromatic carbocycles. The highest BCUT2D eigenvalue weighted by Gasteiger charge is 2.20. The summed E-state index contributed by atoms with van der Waals surface area (Å²) in [6.07, 6.45) is 4.12. The lowest BCUT2D eigenvalue weighted by molar-refractivity contribution is 0.371. The number of halogens is 1. The van der Waals surface area contributed by atoms with Crippen molar-refractivity contribution < 1.29 is 4.52 Å². The van der Waals surface area contributed by atoms with Crippen molar-refractivity contribution in [3.05, 3.63) is 46.0 Å². The summed E-state index contributed by atoms with van der Waals surface area (Å²) in [6.45, 7) is 0.920. The first-order valence-electron chi connectivity index (χ1n) is 6.59. The van der Waals surface area contributed by atoms with Crippen molar-refractivity contribution in [2.24, 2.45) is 0 Å². The highest BCUT2D eigenvalue weighted by molar-refractivity contribution is 9.10. The molecule has 0 unspecified atom stereocenters. The van der Waals surface area contributed by atoms with Gasteiger partial charge in [-0.05, 0) is 30.5 Å². The van der Waals surface area contributed by atoms with E-state index >= 15 is 0 Å². The minimum Gasteiger partial charge on any atom is -0.339 e. The maximum atomic E-state index is 5.26. The predicted molar refractivity (Wildman–Crippen MR) is 76.0 cm³/mol. The zero-order valence-corrected chi connectivity index (χ0v) is 12.2. The summed E-state index contributed by atoms with van der Waals surface area (Å²) in [7, 11) is 0. The number of nitrogens with zero attached hydrogens (tertiary/aromatic N) is 2. The molecule has 19 heavy (non-hydrogen) atoms. The van der Waals surface area contributed by atoms with Crippen LogP contribution in [0.4, 0.5) is 0 Å². The normalized spacial score (nSPS) is 14.8. The van der Waals surface area contributed by atoms with Crippen LogP contribution in [0, 0.1) is 0 Å². The summed E-state index contributed by atoms with van der Waals surface area (Å²) in [4.78, 5) is 4.42. The van der Waals surface area contributed by atoms with Gasteiger partial charge >= 0.3 is 0 Å². The molecule has 3 rings (SSSR count). The van der Waals surface area contributed by atoms with Crippen LogP contribution in [0.2, 0.25) is 0 Å². The van der Waals surface area contributed by atoms with Crippen LogP contribution >= 0.6 is 15.9 Å². The van der Waals surface area contributed by atoms with E-state index in [0.717, 1.165) is 35.2 Å². The molecule has 0 amide bonds. The SMILES string of the molecule is Brc1cccc(Cc2noc(CCNC3CC3)n2)c1. The molecule has 1 aliphatic carbocycles. The van der Waals surface area contributed by atoms with E-state index in [-0.39, 0.29) is 0 Å². The maximum Gasteiger partial charge on any atom is 0.227 e. The van der Waals surface area contributed by atoms with Gasteiger partial charge in [-0.15, -0.1) is 0 Å². The fourth-order valence-corrected chi connectivity index (χ4v) is 2.41.